The van der Waals surface area contributed by atoms with Gasteiger partial charge < -0.3 is 10.5 Å². The second-order valence-corrected chi connectivity index (χ2v) is 7.41. The summed E-state index contributed by atoms with van der Waals surface area (Å²) in [5.74, 6) is 0. The van der Waals surface area contributed by atoms with E-state index in [-0.39, 0.29) is 29.4 Å². The molecule has 0 radical (unpaired) electrons. The van der Waals surface area contributed by atoms with Crippen molar-refractivity contribution in [2.24, 2.45) is 5.73 Å². The molecular formula is C14H27ClN4O3S. The third kappa shape index (κ3) is 5.72. The van der Waals surface area contributed by atoms with Gasteiger partial charge in [-0.05, 0) is 19.3 Å². The van der Waals surface area contributed by atoms with Gasteiger partial charge in [0.25, 0.3) is 0 Å². The Balaban J connectivity index is 0.00000264. The van der Waals surface area contributed by atoms with Gasteiger partial charge in [-0.3, -0.25) is 4.68 Å². The van der Waals surface area contributed by atoms with Crippen LogP contribution in [0.3, 0.4) is 0 Å². The van der Waals surface area contributed by atoms with Crippen LogP contribution >= 0.6 is 12.4 Å². The molecule has 2 rings (SSSR count). The molecule has 1 aromatic rings. The van der Waals surface area contributed by atoms with Crippen LogP contribution in [-0.4, -0.2) is 44.0 Å². The number of sulfonamides is 1. The van der Waals surface area contributed by atoms with Crippen molar-refractivity contribution in [1.82, 2.24) is 14.5 Å². The Morgan fingerprint density at radius 1 is 1.48 bits per heavy atom. The summed E-state index contributed by atoms with van der Waals surface area (Å²) in [5, 5.41) is 4.21. The van der Waals surface area contributed by atoms with Gasteiger partial charge in [-0.25, -0.2) is 13.1 Å². The lowest BCUT2D eigenvalue weighted by Gasteiger charge is -2.22. The SMILES string of the molecule is CCCCC(CN)NS(=O)(=O)c1cnn(C2CCOCC2)c1.Cl. The van der Waals surface area contributed by atoms with E-state index in [4.69, 9.17) is 10.5 Å². The summed E-state index contributed by atoms with van der Waals surface area (Å²) >= 11 is 0. The van der Waals surface area contributed by atoms with Crippen molar-refractivity contribution in [2.45, 2.75) is 56.0 Å². The molecule has 0 saturated carbocycles. The van der Waals surface area contributed by atoms with E-state index in [9.17, 15) is 8.42 Å². The number of rotatable bonds is 8. The average Bonchev–Trinajstić information content (AvgIpc) is 3.03. The first-order valence-corrected chi connectivity index (χ1v) is 9.39. The maximum absolute atomic E-state index is 12.4. The van der Waals surface area contributed by atoms with Crippen molar-refractivity contribution in [3.05, 3.63) is 12.4 Å². The highest BCUT2D eigenvalue weighted by Gasteiger charge is 2.23. The molecule has 1 saturated heterocycles. The second-order valence-electron chi connectivity index (χ2n) is 5.70. The molecule has 2 heterocycles. The summed E-state index contributed by atoms with van der Waals surface area (Å²) in [4.78, 5) is 0.203. The van der Waals surface area contributed by atoms with Crippen LogP contribution in [0.1, 0.15) is 45.1 Å². The Labute approximate surface area is 144 Å². The summed E-state index contributed by atoms with van der Waals surface area (Å²) in [5.41, 5.74) is 5.66. The molecule has 7 nitrogen and oxygen atoms in total. The summed E-state index contributed by atoms with van der Waals surface area (Å²) in [7, 11) is -3.56. The Morgan fingerprint density at radius 2 is 2.17 bits per heavy atom. The van der Waals surface area contributed by atoms with Crippen molar-refractivity contribution in [3.8, 4) is 0 Å². The zero-order valence-corrected chi connectivity index (χ0v) is 15.1. The standard InChI is InChI=1S/C14H26N4O3S.ClH/c1-2-3-4-12(9-15)17-22(19,20)14-10-16-18(11-14)13-5-7-21-8-6-13;/h10-13,17H,2-9,15H2,1H3;1H. The van der Waals surface area contributed by atoms with E-state index in [1.807, 2.05) is 0 Å². The molecule has 23 heavy (non-hydrogen) atoms. The van der Waals surface area contributed by atoms with E-state index in [0.717, 1.165) is 32.1 Å². The number of aromatic nitrogens is 2. The number of nitrogens with two attached hydrogens (primary N) is 1. The van der Waals surface area contributed by atoms with Crippen LogP contribution in [-0.2, 0) is 14.8 Å². The Morgan fingerprint density at radius 3 is 2.78 bits per heavy atom. The molecule has 1 unspecified atom stereocenters. The molecule has 9 heteroatoms. The van der Waals surface area contributed by atoms with Crippen LogP contribution < -0.4 is 10.5 Å². The monoisotopic (exact) mass is 366 g/mol. The predicted octanol–water partition coefficient (Wildman–Crippen LogP) is 1.45. The van der Waals surface area contributed by atoms with Gasteiger partial charge in [-0.1, -0.05) is 19.8 Å². The molecule has 0 bridgehead atoms. The minimum absolute atomic E-state index is 0. The fraction of sp³-hybridized carbons (Fsp3) is 0.786. The highest BCUT2D eigenvalue weighted by atomic mass is 35.5. The highest BCUT2D eigenvalue weighted by molar-refractivity contribution is 7.89. The van der Waals surface area contributed by atoms with Gasteiger partial charge in [-0.2, -0.15) is 5.10 Å². The van der Waals surface area contributed by atoms with Gasteiger partial charge in [0.1, 0.15) is 4.90 Å². The van der Waals surface area contributed by atoms with Crippen molar-refractivity contribution < 1.29 is 13.2 Å². The summed E-state index contributed by atoms with van der Waals surface area (Å²) in [6.45, 7) is 3.75. The molecule has 0 amide bonds. The molecule has 0 aliphatic carbocycles. The summed E-state index contributed by atoms with van der Waals surface area (Å²) < 4.78 is 34.6. The van der Waals surface area contributed by atoms with E-state index < -0.39 is 10.0 Å². The number of ether oxygens (including phenoxy) is 1. The lowest BCUT2D eigenvalue weighted by atomic mass is 10.1. The molecule has 1 fully saturated rings. The van der Waals surface area contributed by atoms with Gasteiger partial charge in [-0.15, -0.1) is 12.4 Å². The van der Waals surface area contributed by atoms with Crippen molar-refractivity contribution in [1.29, 1.82) is 0 Å². The van der Waals surface area contributed by atoms with Crippen LogP contribution in [0.4, 0.5) is 0 Å². The highest BCUT2D eigenvalue weighted by Crippen LogP contribution is 2.21. The predicted molar refractivity (Wildman–Crippen MR) is 91.3 cm³/mol. The molecule has 1 atom stereocenters. The van der Waals surface area contributed by atoms with Gasteiger partial charge in [0.05, 0.1) is 12.2 Å². The maximum atomic E-state index is 12.4. The van der Waals surface area contributed by atoms with Crippen LogP contribution in [0.15, 0.2) is 17.3 Å². The zero-order chi connectivity index (χ0) is 16.0. The number of hydrogen-bond donors (Lipinski definition) is 2. The normalized spacial score (nSPS) is 17.7. The van der Waals surface area contributed by atoms with E-state index >= 15 is 0 Å². The smallest absolute Gasteiger partial charge is 0.243 e. The minimum atomic E-state index is -3.56. The van der Waals surface area contributed by atoms with Gasteiger partial charge in [0, 0.05) is 32.0 Å². The number of nitrogens with zero attached hydrogens (tertiary/aromatic N) is 2. The Kier molecular flexibility index (Phi) is 8.49. The molecule has 0 aromatic carbocycles. The largest absolute Gasteiger partial charge is 0.381 e. The third-order valence-electron chi connectivity index (χ3n) is 3.97. The number of hydrogen-bond acceptors (Lipinski definition) is 5. The third-order valence-corrected chi connectivity index (χ3v) is 5.44. The van der Waals surface area contributed by atoms with Crippen molar-refractivity contribution in [2.75, 3.05) is 19.8 Å². The second kappa shape index (κ2) is 9.58. The van der Waals surface area contributed by atoms with Gasteiger partial charge >= 0.3 is 0 Å². The van der Waals surface area contributed by atoms with Crippen molar-refractivity contribution in [3.63, 3.8) is 0 Å². The number of halogens is 1. The van der Waals surface area contributed by atoms with Crippen LogP contribution in [0.2, 0.25) is 0 Å². The van der Waals surface area contributed by atoms with E-state index in [1.54, 1.807) is 10.9 Å². The topological polar surface area (TPSA) is 99.2 Å². The molecule has 1 aliphatic rings. The van der Waals surface area contributed by atoms with E-state index in [2.05, 4.69) is 16.7 Å². The number of unbranched alkanes of at least 4 members (excludes halogenated alkanes) is 1. The minimum Gasteiger partial charge on any atom is -0.381 e. The molecule has 134 valence electrons. The fourth-order valence-corrected chi connectivity index (χ4v) is 3.79. The van der Waals surface area contributed by atoms with E-state index in [0.29, 0.717) is 19.8 Å². The lowest BCUT2D eigenvalue weighted by Crippen LogP contribution is -2.40. The number of nitrogens with one attached hydrogen (secondary N) is 1. The average molecular weight is 367 g/mol. The molecule has 0 spiro atoms. The van der Waals surface area contributed by atoms with Crippen molar-refractivity contribution >= 4 is 22.4 Å². The molecule has 3 N–H and O–H groups in total. The molecule has 1 aliphatic heterocycles. The first-order valence-electron chi connectivity index (χ1n) is 7.91. The Bertz CT molecular complexity index is 558. The van der Waals surface area contributed by atoms with Crippen LogP contribution in [0.25, 0.3) is 0 Å². The lowest BCUT2D eigenvalue weighted by molar-refractivity contribution is 0.0662. The van der Waals surface area contributed by atoms with E-state index in [1.165, 1.54) is 6.20 Å². The summed E-state index contributed by atoms with van der Waals surface area (Å²) in [6.07, 6.45) is 7.44. The fourth-order valence-electron chi connectivity index (χ4n) is 2.57. The Hall–Kier alpha value is -0.670. The van der Waals surface area contributed by atoms with Crippen LogP contribution in [0, 0.1) is 0 Å². The first-order chi connectivity index (χ1) is 10.6. The first kappa shape index (κ1) is 20.4. The molecular weight excluding hydrogens is 340 g/mol. The van der Waals surface area contributed by atoms with Gasteiger partial charge in [0.2, 0.25) is 10.0 Å². The molecule has 1 aromatic heterocycles. The summed E-state index contributed by atoms with van der Waals surface area (Å²) in [6, 6.07) is -0.0144. The quantitative estimate of drug-likeness (QED) is 0.725. The van der Waals surface area contributed by atoms with Crippen LogP contribution in [0.5, 0.6) is 0 Å². The maximum Gasteiger partial charge on any atom is 0.243 e. The van der Waals surface area contributed by atoms with Gasteiger partial charge in [0.15, 0.2) is 0 Å². The zero-order valence-electron chi connectivity index (χ0n) is 13.5.